The smallest absolute Gasteiger partial charge is 0.250 e. The minimum absolute atomic E-state index is 0.0816. The van der Waals surface area contributed by atoms with Crippen molar-refractivity contribution in [2.75, 3.05) is 29.7 Å². The first-order chi connectivity index (χ1) is 13.7. The molecule has 0 bridgehead atoms. The van der Waals surface area contributed by atoms with Crippen LogP contribution >= 0.6 is 11.8 Å². The zero-order chi connectivity index (χ0) is 22.5. The summed E-state index contributed by atoms with van der Waals surface area (Å²) in [5.74, 6) is 1.17. The minimum Gasteiger partial charge on any atom is -0.542 e. The largest absolute Gasteiger partial charge is 0.542 e. The van der Waals surface area contributed by atoms with Crippen molar-refractivity contribution in [2.45, 2.75) is 57.0 Å². The van der Waals surface area contributed by atoms with Crippen LogP contribution in [0.25, 0.3) is 10.9 Å². The molecule has 9 heteroatoms. The molecule has 1 aliphatic heterocycles. The molecule has 2 atom stereocenters. The molecule has 0 saturated carbocycles. The van der Waals surface area contributed by atoms with Gasteiger partial charge in [0.25, 0.3) is 8.32 Å². The monoisotopic (exact) mass is 467 g/mol. The van der Waals surface area contributed by atoms with Crippen molar-refractivity contribution in [3.8, 4) is 5.75 Å². The maximum Gasteiger partial charge on any atom is 0.250 e. The fourth-order valence-electron chi connectivity index (χ4n) is 3.51. The van der Waals surface area contributed by atoms with Gasteiger partial charge in [0.2, 0.25) is 0 Å². The van der Waals surface area contributed by atoms with Crippen LogP contribution in [0.4, 0.5) is 5.69 Å². The summed E-state index contributed by atoms with van der Waals surface area (Å²) < 4.78 is 30.0. The van der Waals surface area contributed by atoms with Crippen LogP contribution in [0, 0.1) is 5.92 Å². The standard InChI is InChI=1S/C21H33N3O3S2Si/c1-14-15(13-29(6,25)26)12-24(14)17-9-10-18(27-30(7,8)21(2,3)4)19-16(17)11-22-20(23-19)28-5/h9-11,14-15H,12-13H2,1-8H3/t14-,15-/m1/s1. The molecule has 0 radical (unpaired) electrons. The van der Waals surface area contributed by atoms with Crippen molar-refractivity contribution in [1.82, 2.24) is 9.97 Å². The van der Waals surface area contributed by atoms with Gasteiger partial charge in [0, 0.05) is 42.0 Å². The molecule has 3 rings (SSSR count). The van der Waals surface area contributed by atoms with Crippen LogP contribution in [0.5, 0.6) is 5.75 Å². The van der Waals surface area contributed by atoms with E-state index in [1.165, 1.54) is 18.0 Å². The fourth-order valence-corrected chi connectivity index (χ4v) is 6.03. The van der Waals surface area contributed by atoms with E-state index in [1.807, 2.05) is 18.5 Å². The summed E-state index contributed by atoms with van der Waals surface area (Å²) in [5.41, 5.74) is 1.87. The Bertz CT molecular complexity index is 1050. The summed E-state index contributed by atoms with van der Waals surface area (Å²) >= 11 is 1.51. The first-order valence-corrected chi connectivity index (χ1v) is 16.4. The summed E-state index contributed by atoms with van der Waals surface area (Å²) in [4.78, 5) is 11.5. The second kappa shape index (κ2) is 7.98. The van der Waals surface area contributed by atoms with Gasteiger partial charge in [0.1, 0.15) is 21.1 Å². The third kappa shape index (κ3) is 4.62. The van der Waals surface area contributed by atoms with E-state index in [2.05, 4.69) is 56.7 Å². The third-order valence-corrected chi connectivity index (χ3v) is 12.4. The van der Waals surface area contributed by atoms with Gasteiger partial charge in [0.05, 0.1) is 5.75 Å². The Hall–Kier alpha value is -1.32. The molecule has 0 unspecified atom stereocenters. The highest BCUT2D eigenvalue weighted by atomic mass is 32.2. The van der Waals surface area contributed by atoms with Crippen molar-refractivity contribution in [1.29, 1.82) is 0 Å². The average molecular weight is 468 g/mol. The molecule has 0 aliphatic carbocycles. The molecule has 1 saturated heterocycles. The maximum absolute atomic E-state index is 11.7. The van der Waals surface area contributed by atoms with Gasteiger partial charge in [-0.05, 0) is 43.4 Å². The number of benzene rings is 1. The first-order valence-electron chi connectivity index (χ1n) is 10.2. The Balaban J connectivity index is 2.01. The number of sulfone groups is 1. The highest BCUT2D eigenvalue weighted by molar-refractivity contribution is 7.98. The number of aromatic nitrogens is 2. The molecule has 1 fully saturated rings. The zero-order valence-corrected chi connectivity index (χ0v) is 21.8. The molecule has 2 heterocycles. The van der Waals surface area contributed by atoms with Gasteiger partial charge in [-0.3, -0.25) is 0 Å². The highest BCUT2D eigenvalue weighted by Crippen LogP contribution is 2.42. The third-order valence-electron chi connectivity index (χ3n) is 6.45. The number of anilines is 1. The van der Waals surface area contributed by atoms with Gasteiger partial charge in [-0.2, -0.15) is 0 Å². The SMILES string of the molecule is CSc1ncc2c(N3C[C@H](CS(C)(=O)=O)[C@H]3C)ccc(O[Si](C)(C)C(C)(C)C)c2n1. The summed E-state index contributed by atoms with van der Waals surface area (Å²) in [6.07, 6.45) is 5.15. The van der Waals surface area contributed by atoms with E-state index in [9.17, 15) is 8.42 Å². The van der Waals surface area contributed by atoms with Crippen LogP contribution in [-0.2, 0) is 9.84 Å². The van der Waals surface area contributed by atoms with E-state index in [4.69, 9.17) is 9.41 Å². The van der Waals surface area contributed by atoms with Gasteiger partial charge in [0.15, 0.2) is 5.16 Å². The van der Waals surface area contributed by atoms with E-state index in [0.29, 0.717) is 5.16 Å². The van der Waals surface area contributed by atoms with Crippen LogP contribution in [0.3, 0.4) is 0 Å². The molecule has 2 aromatic rings. The van der Waals surface area contributed by atoms with Gasteiger partial charge in [-0.1, -0.05) is 32.5 Å². The summed E-state index contributed by atoms with van der Waals surface area (Å²) in [7, 11) is -5.01. The lowest BCUT2D eigenvalue weighted by Gasteiger charge is -2.48. The van der Waals surface area contributed by atoms with Crippen LogP contribution < -0.4 is 9.33 Å². The molecule has 0 spiro atoms. The molecule has 0 N–H and O–H groups in total. The average Bonchev–Trinajstić information content (AvgIpc) is 2.63. The number of thioether (sulfide) groups is 1. The zero-order valence-electron chi connectivity index (χ0n) is 19.2. The van der Waals surface area contributed by atoms with Crippen molar-refractivity contribution in [3.05, 3.63) is 18.3 Å². The molecular weight excluding hydrogens is 434 g/mol. The van der Waals surface area contributed by atoms with E-state index in [1.54, 1.807) is 0 Å². The second-order valence-corrected chi connectivity index (χ2v) is 17.5. The lowest BCUT2D eigenvalue weighted by molar-refractivity contribution is 0.342. The van der Waals surface area contributed by atoms with Gasteiger partial charge in [-0.15, -0.1) is 0 Å². The molecule has 166 valence electrons. The Morgan fingerprint density at radius 2 is 1.97 bits per heavy atom. The van der Waals surface area contributed by atoms with E-state index < -0.39 is 18.2 Å². The number of nitrogens with zero attached hydrogens (tertiary/aromatic N) is 3. The Morgan fingerprint density at radius 1 is 1.30 bits per heavy atom. The molecule has 1 aromatic carbocycles. The Morgan fingerprint density at radius 3 is 2.50 bits per heavy atom. The van der Waals surface area contributed by atoms with Crippen molar-refractivity contribution in [2.24, 2.45) is 5.92 Å². The molecule has 1 aromatic heterocycles. The summed E-state index contributed by atoms with van der Waals surface area (Å²) in [5, 5.41) is 1.75. The number of rotatable bonds is 6. The van der Waals surface area contributed by atoms with E-state index in [0.717, 1.165) is 28.9 Å². The molecule has 1 aliphatic rings. The first kappa shape index (κ1) is 23.3. The highest BCUT2D eigenvalue weighted by Gasteiger charge is 2.41. The normalized spacial score (nSPS) is 20.3. The molecule has 30 heavy (non-hydrogen) atoms. The van der Waals surface area contributed by atoms with Crippen LogP contribution in [0.2, 0.25) is 18.1 Å². The fraction of sp³-hybridized carbons (Fsp3) is 0.619. The van der Waals surface area contributed by atoms with E-state index in [-0.39, 0.29) is 22.8 Å². The molecular formula is C21H33N3O3S2Si. The van der Waals surface area contributed by atoms with Crippen molar-refractivity contribution >= 4 is 46.5 Å². The van der Waals surface area contributed by atoms with Crippen LogP contribution in [0.15, 0.2) is 23.5 Å². The second-order valence-electron chi connectivity index (χ2n) is 9.81. The van der Waals surface area contributed by atoms with Crippen LogP contribution in [-0.4, -0.2) is 57.6 Å². The Kier molecular flexibility index (Phi) is 6.21. The topological polar surface area (TPSA) is 72.4 Å². The Labute approximate surface area is 185 Å². The van der Waals surface area contributed by atoms with Gasteiger partial charge < -0.3 is 9.33 Å². The lowest BCUT2D eigenvalue weighted by Crippen LogP contribution is -2.57. The summed E-state index contributed by atoms with van der Waals surface area (Å²) in [6.45, 7) is 13.9. The quantitative estimate of drug-likeness (QED) is 0.349. The van der Waals surface area contributed by atoms with Crippen molar-refractivity contribution in [3.63, 3.8) is 0 Å². The number of fused-ring (bicyclic) bond motifs is 1. The predicted octanol–water partition coefficient (Wildman–Crippen LogP) is 4.61. The number of hydrogen-bond donors (Lipinski definition) is 0. The lowest BCUT2D eigenvalue weighted by atomic mass is 9.90. The van der Waals surface area contributed by atoms with Gasteiger partial charge in [-0.25, -0.2) is 18.4 Å². The van der Waals surface area contributed by atoms with E-state index >= 15 is 0 Å². The van der Waals surface area contributed by atoms with Crippen molar-refractivity contribution < 1.29 is 12.8 Å². The predicted molar refractivity (Wildman–Crippen MR) is 129 cm³/mol. The van der Waals surface area contributed by atoms with Gasteiger partial charge >= 0.3 is 0 Å². The van der Waals surface area contributed by atoms with Crippen LogP contribution in [0.1, 0.15) is 27.7 Å². The maximum atomic E-state index is 11.7. The number of hydrogen-bond acceptors (Lipinski definition) is 7. The summed E-state index contributed by atoms with van der Waals surface area (Å²) in [6, 6.07) is 4.24. The molecule has 6 nitrogen and oxygen atoms in total. The molecule has 0 amide bonds. The minimum atomic E-state index is -2.98.